The molecule has 0 spiro atoms. The number of hydrogen-bond donors (Lipinski definition) is 1. The quantitative estimate of drug-likeness (QED) is 0.881. The lowest BCUT2D eigenvalue weighted by molar-refractivity contribution is 0.0846. The van der Waals surface area contributed by atoms with Crippen LogP contribution in [-0.4, -0.2) is 34.8 Å². The molecule has 2 heterocycles. The van der Waals surface area contributed by atoms with Crippen LogP contribution in [0.5, 0.6) is 0 Å². The summed E-state index contributed by atoms with van der Waals surface area (Å²) in [5, 5.41) is 3.94. The number of rotatable bonds is 3. The zero-order valence-electron chi connectivity index (χ0n) is 13.9. The summed E-state index contributed by atoms with van der Waals surface area (Å²) < 4.78 is 31.5. The average Bonchev–Trinajstić information content (AvgIpc) is 3.07. The number of carbonyl (C=O) groups is 1. The zero-order chi connectivity index (χ0) is 18.0. The maximum atomic E-state index is 12.7. The molecule has 132 valence electrons. The van der Waals surface area contributed by atoms with Crippen LogP contribution in [0.25, 0.3) is 11.5 Å². The molecule has 1 fully saturated rings. The number of aromatic nitrogens is 2. The third kappa shape index (κ3) is 2.22. The Bertz CT molecular complexity index is 976. The van der Waals surface area contributed by atoms with Crippen molar-refractivity contribution in [3.8, 4) is 11.5 Å². The van der Waals surface area contributed by atoms with E-state index in [1.807, 2.05) is 0 Å². The van der Waals surface area contributed by atoms with Gasteiger partial charge in [-0.15, -0.1) is 0 Å². The number of amides is 1. The molecule has 1 aliphatic carbocycles. The first-order chi connectivity index (χ1) is 11.7. The van der Waals surface area contributed by atoms with Crippen LogP contribution >= 0.6 is 0 Å². The van der Waals surface area contributed by atoms with Gasteiger partial charge in [0.2, 0.25) is 0 Å². The van der Waals surface area contributed by atoms with E-state index >= 15 is 0 Å². The summed E-state index contributed by atoms with van der Waals surface area (Å²) in [4.78, 5) is 16.7. The fourth-order valence-corrected chi connectivity index (χ4v) is 5.01. The van der Waals surface area contributed by atoms with E-state index in [2.05, 4.69) is 10.1 Å². The summed E-state index contributed by atoms with van der Waals surface area (Å²) in [5.41, 5.74) is 6.23. The van der Waals surface area contributed by atoms with Gasteiger partial charge in [0, 0.05) is 11.6 Å². The zero-order valence-corrected chi connectivity index (χ0v) is 14.7. The van der Waals surface area contributed by atoms with Crippen molar-refractivity contribution in [2.75, 3.05) is 0 Å². The maximum Gasteiger partial charge on any atom is 0.269 e. The molecule has 2 aromatic rings. The maximum absolute atomic E-state index is 12.7. The highest BCUT2D eigenvalue weighted by atomic mass is 32.2. The monoisotopic (exact) mass is 362 g/mol. The fourth-order valence-electron chi connectivity index (χ4n) is 3.22. The molecule has 1 saturated carbocycles. The molecule has 2 aliphatic rings. The first kappa shape index (κ1) is 16.2. The van der Waals surface area contributed by atoms with Crippen molar-refractivity contribution in [3.05, 3.63) is 29.6 Å². The Labute approximate surface area is 145 Å². The van der Waals surface area contributed by atoms with Crippen LogP contribution in [-0.2, 0) is 15.6 Å². The van der Waals surface area contributed by atoms with E-state index in [1.165, 1.54) is 12.1 Å². The van der Waals surface area contributed by atoms with Crippen molar-refractivity contribution < 1.29 is 17.7 Å². The summed E-state index contributed by atoms with van der Waals surface area (Å²) in [7, 11) is -3.87. The largest absolute Gasteiger partial charge is 0.334 e. The summed E-state index contributed by atoms with van der Waals surface area (Å²) in [6.45, 7) is 3.32. The van der Waals surface area contributed by atoms with Gasteiger partial charge in [0.25, 0.3) is 21.8 Å². The van der Waals surface area contributed by atoms with Gasteiger partial charge in [-0.1, -0.05) is 5.16 Å². The number of hydrogen-bond acceptors (Lipinski definition) is 7. The minimum atomic E-state index is -3.87. The minimum absolute atomic E-state index is 0.0328. The van der Waals surface area contributed by atoms with E-state index in [4.69, 9.17) is 10.3 Å². The molecule has 4 rings (SSSR count). The molecule has 0 radical (unpaired) electrons. The smallest absolute Gasteiger partial charge is 0.269 e. The van der Waals surface area contributed by atoms with E-state index in [0.717, 1.165) is 23.6 Å². The Morgan fingerprint density at radius 1 is 1.32 bits per heavy atom. The molecule has 8 nitrogen and oxygen atoms in total. The van der Waals surface area contributed by atoms with Gasteiger partial charge < -0.3 is 10.3 Å². The highest BCUT2D eigenvalue weighted by Gasteiger charge is 2.43. The number of carbonyl (C=O) groups excluding carboxylic acids is 1. The number of sulfonamides is 1. The van der Waals surface area contributed by atoms with E-state index in [9.17, 15) is 13.2 Å². The molecular formula is C16H18N4O4S. The molecule has 1 amide bonds. The second kappa shape index (κ2) is 5.12. The molecule has 9 heteroatoms. The van der Waals surface area contributed by atoms with Crippen molar-refractivity contribution in [1.29, 1.82) is 0 Å². The highest BCUT2D eigenvalue weighted by molar-refractivity contribution is 7.90. The van der Waals surface area contributed by atoms with Crippen LogP contribution < -0.4 is 5.73 Å². The number of fused-ring (bicyclic) bond motifs is 1. The van der Waals surface area contributed by atoms with Gasteiger partial charge in [-0.3, -0.25) is 4.79 Å². The lowest BCUT2D eigenvalue weighted by Crippen LogP contribution is -2.44. The van der Waals surface area contributed by atoms with Crippen molar-refractivity contribution in [1.82, 2.24) is 14.4 Å². The molecule has 1 aromatic heterocycles. The van der Waals surface area contributed by atoms with Crippen LogP contribution in [0.15, 0.2) is 27.6 Å². The van der Waals surface area contributed by atoms with Crippen LogP contribution in [0.1, 0.15) is 49.3 Å². The third-order valence-electron chi connectivity index (χ3n) is 4.78. The van der Waals surface area contributed by atoms with Crippen LogP contribution in [0.2, 0.25) is 0 Å². The van der Waals surface area contributed by atoms with Crippen molar-refractivity contribution in [3.63, 3.8) is 0 Å². The van der Waals surface area contributed by atoms with Gasteiger partial charge in [-0.25, -0.2) is 12.7 Å². The van der Waals surface area contributed by atoms with Gasteiger partial charge >= 0.3 is 0 Å². The highest BCUT2D eigenvalue weighted by Crippen LogP contribution is 2.38. The van der Waals surface area contributed by atoms with Gasteiger partial charge in [0.1, 0.15) is 4.90 Å². The number of nitrogens with zero attached hydrogens (tertiary/aromatic N) is 3. The van der Waals surface area contributed by atoms with Crippen LogP contribution in [0.4, 0.5) is 0 Å². The standard InChI is InChI=1S/C16H18N4O4S/c1-9(2)20-14(21)11-5-4-10(8-12(11)25(20,22)23)13-18-15(19-24-13)16(17)6-3-7-16/h4-5,8-9H,3,6-7,17H2,1-2H3. The molecule has 1 aromatic carbocycles. The summed E-state index contributed by atoms with van der Waals surface area (Å²) >= 11 is 0. The minimum Gasteiger partial charge on any atom is -0.334 e. The van der Waals surface area contributed by atoms with Crippen molar-refractivity contribution in [2.24, 2.45) is 5.73 Å². The second-order valence-corrected chi connectivity index (χ2v) is 8.63. The molecule has 1 aliphatic heterocycles. The Hall–Kier alpha value is -2.26. The predicted octanol–water partition coefficient (Wildman–Crippen LogP) is 1.63. The van der Waals surface area contributed by atoms with E-state index in [1.54, 1.807) is 19.9 Å². The molecule has 0 bridgehead atoms. The second-order valence-electron chi connectivity index (χ2n) is 6.84. The van der Waals surface area contributed by atoms with Crippen LogP contribution in [0.3, 0.4) is 0 Å². The Morgan fingerprint density at radius 3 is 2.64 bits per heavy atom. The third-order valence-corrected chi connectivity index (χ3v) is 6.78. The normalized spacial score (nSPS) is 20.6. The molecular weight excluding hydrogens is 344 g/mol. The summed E-state index contributed by atoms with van der Waals surface area (Å²) in [5.74, 6) is 0.107. The van der Waals surface area contributed by atoms with E-state index < -0.39 is 27.5 Å². The van der Waals surface area contributed by atoms with Crippen molar-refractivity contribution >= 4 is 15.9 Å². The van der Waals surface area contributed by atoms with Crippen molar-refractivity contribution in [2.45, 2.75) is 49.6 Å². The van der Waals surface area contributed by atoms with Gasteiger partial charge in [-0.05, 0) is 51.3 Å². The fraction of sp³-hybridized carbons (Fsp3) is 0.438. The van der Waals surface area contributed by atoms with Gasteiger partial charge in [0.15, 0.2) is 5.82 Å². The lowest BCUT2D eigenvalue weighted by atomic mass is 9.77. The van der Waals surface area contributed by atoms with Gasteiger partial charge in [-0.2, -0.15) is 4.98 Å². The van der Waals surface area contributed by atoms with E-state index in [0.29, 0.717) is 11.4 Å². The lowest BCUT2D eigenvalue weighted by Gasteiger charge is -2.34. The molecule has 0 atom stereocenters. The Morgan fingerprint density at radius 2 is 2.04 bits per heavy atom. The first-order valence-electron chi connectivity index (χ1n) is 8.10. The molecule has 25 heavy (non-hydrogen) atoms. The summed E-state index contributed by atoms with van der Waals surface area (Å²) in [6, 6.07) is 4.04. The molecule has 0 saturated heterocycles. The summed E-state index contributed by atoms with van der Waals surface area (Å²) in [6.07, 6.45) is 2.61. The van der Waals surface area contributed by atoms with Gasteiger partial charge in [0.05, 0.1) is 11.1 Å². The predicted molar refractivity (Wildman–Crippen MR) is 87.9 cm³/mol. The Balaban J connectivity index is 1.77. The average molecular weight is 362 g/mol. The molecule has 0 unspecified atom stereocenters. The SMILES string of the molecule is CC(C)N1C(=O)c2ccc(-c3nc(C4(N)CCC4)no3)cc2S1(=O)=O. The number of benzene rings is 1. The molecule has 2 N–H and O–H groups in total. The topological polar surface area (TPSA) is 119 Å². The Kier molecular flexibility index (Phi) is 3.32. The van der Waals surface area contributed by atoms with E-state index in [-0.39, 0.29) is 16.3 Å². The number of nitrogens with two attached hydrogens (primary N) is 1. The first-order valence-corrected chi connectivity index (χ1v) is 9.54. The van der Waals surface area contributed by atoms with Crippen LogP contribution in [0, 0.1) is 0 Å².